The number of benzene rings is 1. The van der Waals surface area contributed by atoms with E-state index in [0.717, 1.165) is 17.8 Å². The van der Waals surface area contributed by atoms with Gasteiger partial charge < -0.3 is 9.80 Å². The molecular weight excluding hydrogens is 371 g/mol. The molecule has 0 aliphatic carbocycles. The van der Waals surface area contributed by atoms with Crippen molar-refractivity contribution in [1.29, 1.82) is 0 Å². The Kier molecular flexibility index (Phi) is 5.58. The second kappa shape index (κ2) is 8.29. The molecule has 0 radical (unpaired) electrons. The second-order valence-corrected chi connectivity index (χ2v) is 7.71. The zero-order valence-electron chi connectivity index (χ0n) is 16.6. The summed E-state index contributed by atoms with van der Waals surface area (Å²) in [5.74, 6) is -0.220. The van der Waals surface area contributed by atoms with Crippen molar-refractivity contribution < 1.29 is 14.0 Å². The Morgan fingerprint density at radius 1 is 1.07 bits per heavy atom. The number of carbonyl (C=O) groups excluding carboxylic acids is 2. The van der Waals surface area contributed by atoms with Crippen LogP contribution in [0.3, 0.4) is 0 Å². The molecule has 29 heavy (non-hydrogen) atoms. The van der Waals surface area contributed by atoms with Gasteiger partial charge in [0.25, 0.3) is 5.91 Å². The van der Waals surface area contributed by atoms with Crippen LogP contribution >= 0.6 is 0 Å². The van der Waals surface area contributed by atoms with Crippen LogP contribution in [0.15, 0.2) is 42.6 Å². The molecule has 2 saturated heterocycles. The van der Waals surface area contributed by atoms with Gasteiger partial charge in [0, 0.05) is 51.2 Å². The van der Waals surface area contributed by atoms with Crippen LogP contribution < -0.4 is 0 Å². The minimum Gasteiger partial charge on any atom is -0.337 e. The Labute approximate surface area is 169 Å². The number of hydrogen-bond acceptors (Lipinski definition) is 4. The van der Waals surface area contributed by atoms with Crippen LogP contribution in [0, 0.1) is 12.7 Å². The van der Waals surface area contributed by atoms with Crippen LogP contribution in [0.1, 0.15) is 28.0 Å². The first-order valence-corrected chi connectivity index (χ1v) is 10.0. The molecule has 4 rings (SSSR count). The van der Waals surface area contributed by atoms with Gasteiger partial charge in [-0.1, -0.05) is 12.1 Å². The highest BCUT2D eigenvalue weighted by molar-refractivity contribution is 5.94. The lowest BCUT2D eigenvalue weighted by molar-refractivity contribution is -0.142. The van der Waals surface area contributed by atoms with E-state index < -0.39 is 0 Å². The minimum atomic E-state index is -0.276. The number of nitrogens with zero attached hydrogens (tertiary/aromatic N) is 4. The van der Waals surface area contributed by atoms with Gasteiger partial charge >= 0.3 is 0 Å². The molecular formula is C22H25FN4O2. The van der Waals surface area contributed by atoms with E-state index in [-0.39, 0.29) is 23.7 Å². The Morgan fingerprint density at radius 2 is 1.83 bits per heavy atom. The van der Waals surface area contributed by atoms with Crippen molar-refractivity contribution in [2.45, 2.75) is 25.9 Å². The van der Waals surface area contributed by atoms with Gasteiger partial charge in [-0.2, -0.15) is 0 Å². The van der Waals surface area contributed by atoms with Crippen molar-refractivity contribution >= 4 is 11.8 Å². The van der Waals surface area contributed by atoms with Crippen molar-refractivity contribution in [1.82, 2.24) is 19.7 Å². The van der Waals surface area contributed by atoms with Gasteiger partial charge in [0.1, 0.15) is 5.82 Å². The van der Waals surface area contributed by atoms with E-state index in [1.54, 1.807) is 24.4 Å². The molecule has 1 atom stereocenters. The molecule has 7 heteroatoms. The van der Waals surface area contributed by atoms with Crippen molar-refractivity contribution in [3.8, 4) is 0 Å². The van der Waals surface area contributed by atoms with Gasteiger partial charge in [-0.3, -0.25) is 19.5 Å². The van der Waals surface area contributed by atoms with Crippen LogP contribution in [0.25, 0.3) is 0 Å². The number of amides is 2. The molecule has 0 spiro atoms. The third-order valence-corrected chi connectivity index (χ3v) is 5.76. The maximum absolute atomic E-state index is 13.1. The predicted octanol–water partition coefficient (Wildman–Crippen LogP) is 2.09. The lowest BCUT2D eigenvalue weighted by Gasteiger charge is -2.39. The SMILES string of the molecule is Cc1ccc(C(=O)N2CCC3C(=O)N(Cc4ccc(F)cc4)CCN3CC2)cn1. The van der Waals surface area contributed by atoms with E-state index >= 15 is 0 Å². The van der Waals surface area contributed by atoms with Gasteiger partial charge in [-0.05, 0) is 43.2 Å². The normalized spacial score (nSPS) is 20.3. The molecule has 6 nitrogen and oxygen atoms in total. The Bertz CT molecular complexity index is 885. The maximum Gasteiger partial charge on any atom is 0.255 e. The standard InChI is InChI=1S/C22H25FN4O2/c1-16-2-5-18(14-24-16)21(28)26-9-8-20-22(29)27(13-11-25(20)10-12-26)15-17-3-6-19(23)7-4-17/h2-7,14,20H,8-13,15H2,1H3. The summed E-state index contributed by atoms with van der Waals surface area (Å²) in [5, 5.41) is 0. The average Bonchev–Trinajstić information content (AvgIpc) is 2.95. The molecule has 1 aromatic heterocycles. The summed E-state index contributed by atoms with van der Waals surface area (Å²) in [7, 11) is 0. The van der Waals surface area contributed by atoms with E-state index in [2.05, 4.69) is 9.88 Å². The highest BCUT2D eigenvalue weighted by Gasteiger charge is 2.37. The number of carbonyl (C=O) groups is 2. The number of halogens is 1. The van der Waals surface area contributed by atoms with Gasteiger partial charge in [-0.15, -0.1) is 0 Å². The molecule has 0 saturated carbocycles. The van der Waals surface area contributed by atoms with Crippen molar-refractivity contribution in [2.75, 3.05) is 32.7 Å². The van der Waals surface area contributed by atoms with Gasteiger partial charge in [0.05, 0.1) is 11.6 Å². The molecule has 2 fully saturated rings. The summed E-state index contributed by atoms with van der Waals surface area (Å²) in [6.45, 7) is 5.64. The van der Waals surface area contributed by atoms with Crippen molar-refractivity contribution in [2.24, 2.45) is 0 Å². The first-order valence-electron chi connectivity index (χ1n) is 10.0. The average molecular weight is 396 g/mol. The third-order valence-electron chi connectivity index (χ3n) is 5.76. The lowest BCUT2D eigenvalue weighted by Crippen LogP contribution is -2.56. The van der Waals surface area contributed by atoms with Gasteiger partial charge in [0.15, 0.2) is 0 Å². The number of aryl methyl sites for hydroxylation is 1. The summed E-state index contributed by atoms with van der Waals surface area (Å²) >= 11 is 0. The van der Waals surface area contributed by atoms with Crippen LogP contribution in [0.4, 0.5) is 4.39 Å². The zero-order chi connectivity index (χ0) is 20.4. The number of piperazine rings is 1. The lowest BCUT2D eigenvalue weighted by atomic mass is 10.1. The molecule has 2 amide bonds. The van der Waals surface area contributed by atoms with Crippen molar-refractivity contribution in [3.05, 3.63) is 65.2 Å². The van der Waals surface area contributed by atoms with Crippen LogP contribution in [-0.4, -0.2) is 70.3 Å². The topological polar surface area (TPSA) is 56.8 Å². The molecule has 2 aliphatic rings. The molecule has 3 heterocycles. The summed E-state index contributed by atoms with van der Waals surface area (Å²) in [5.41, 5.74) is 2.38. The quantitative estimate of drug-likeness (QED) is 0.797. The maximum atomic E-state index is 13.1. The van der Waals surface area contributed by atoms with E-state index in [0.29, 0.717) is 44.7 Å². The summed E-state index contributed by atoms with van der Waals surface area (Å²) in [4.78, 5) is 36.0. The number of fused-ring (bicyclic) bond motifs is 1. The fourth-order valence-corrected chi connectivity index (χ4v) is 4.04. The number of pyridine rings is 1. The van der Waals surface area contributed by atoms with Crippen LogP contribution in [-0.2, 0) is 11.3 Å². The molecule has 2 aromatic rings. The third kappa shape index (κ3) is 4.29. The first-order chi connectivity index (χ1) is 14.0. The Morgan fingerprint density at radius 3 is 2.55 bits per heavy atom. The van der Waals surface area contributed by atoms with Gasteiger partial charge in [0.2, 0.25) is 5.91 Å². The number of rotatable bonds is 3. The first kappa shape index (κ1) is 19.5. The van der Waals surface area contributed by atoms with E-state index in [1.165, 1.54) is 12.1 Å². The Balaban J connectivity index is 1.41. The van der Waals surface area contributed by atoms with Crippen LogP contribution in [0.5, 0.6) is 0 Å². The highest BCUT2D eigenvalue weighted by atomic mass is 19.1. The second-order valence-electron chi connectivity index (χ2n) is 7.71. The van der Waals surface area contributed by atoms with E-state index in [1.807, 2.05) is 22.8 Å². The highest BCUT2D eigenvalue weighted by Crippen LogP contribution is 2.21. The van der Waals surface area contributed by atoms with Gasteiger partial charge in [-0.25, -0.2) is 4.39 Å². The fraction of sp³-hybridized carbons (Fsp3) is 0.409. The summed E-state index contributed by atoms with van der Waals surface area (Å²) in [6.07, 6.45) is 2.23. The number of hydrogen-bond donors (Lipinski definition) is 0. The molecule has 0 bridgehead atoms. The molecule has 2 aliphatic heterocycles. The molecule has 0 N–H and O–H groups in total. The van der Waals surface area contributed by atoms with Crippen LogP contribution in [0.2, 0.25) is 0 Å². The predicted molar refractivity (Wildman–Crippen MR) is 107 cm³/mol. The zero-order valence-corrected chi connectivity index (χ0v) is 16.6. The molecule has 1 aromatic carbocycles. The fourth-order valence-electron chi connectivity index (χ4n) is 4.04. The smallest absolute Gasteiger partial charge is 0.255 e. The largest absolute Gasteiger partial charge is 0.337 e. The molecule has 1 unspecified atom stereocenters. The minimum absolute atomic E-state index is 0.0343. The number of aromatic nitrogens is 1. The monoisotopic (exact) mass is 396 g/mol. The van der Waals surface area contributed by atoms with Crippen molar-refractivity contribution in [3.63, 3.8) is 0 Å². The van der Waals surface area contributed by atoms with E-state index in [4.69, 9.17) is 0 Å². The van der Waals surface area contributed by atoms with E-state index in [9.17, 15) is 14.0 Å². The summed E-state index contributed by atoms with van der Waals surface area (Å²) in [6, 6.07) is 9.72. The molecule has 152 valence electrons. The summed E-state index contributed by atoms with van der Waals surface area (Å²) < 4.78 is 13.1. The Hall–Kier alpha value is -2.80.